The molecule has 2 aromatic heterocycles. The topological polar surface area (TPSA) is 42.3 Å². The highest BCUT2D eigenvalue weighted by Gasteiger charge is 2.39. The molecule has 132 valence electrons. The van der Waals surface area contributed by atoms with E-state index in [1.807, 2.05) is 43.6 Å². The van der Waals surface area contributed by atoms with Crippen molar-refractivity contribution in [1.82, 2.24) is 19.8 Å². The molecule has 1 aromatic carbocycles. The van der Waals surface area contributed by atoms with Gasteiger partial charge in [-0.05, 0) is 60.7 Å². The monoisotopic (exact) mass is 364 g/mol. The van der Waals surface area contributed by atoms with Crippen LogP contribution in [0.3, 0.4) is 0 Å². The number of thiocarbonyl (C=S) groups is 1. The van der Waals surface area contributed by atoms with Gasteiger partial charge in [0.05, 0.1) is 24.9 Å². The number of nitrogens with zero attached hydrogens (tertiary/aromatic N) is 3. The van der Waals surface area contributed by atoms with Crippen molar-refractivity contribution in [1.29, 1.82) is 0 Å². The summed E-state index contributed by atoms with van der Waals surface area (Å²) in [5, 5.41) is 4.15. The van der Waals surface area contributed by atoms with E-state index in [1.54, 1.807) is 7.11 Å². The SMILES string of the molecule is COc1ccc(-n2cccc2C2C(c3ccccn3)NC(=S)N2C)cc1. The molecular weight excluding hydrogens is 344 g/mol. The maximum Gasteiger partial charge on any atom is 0.169 e. The Kier molecular flexibility index (Phi) is 4.34. The van der Waals surface area contributed by atoms with Crippen LogP contribution in [0, 0.1) is 0 Å². The number of nitrogens with one attached hydrogen (secondary N) is 1. The lowest BCUT2D eigenvalue weighted by Gasteiger charge is -2.25. The minimum absolute atomic E-state index is 0.000554. The Hall–Kier alpha value is -2.86. The fraction of sp³-hybridized carbons (Fsp3) is 0.200. The van der Waals surface area contributed by atoms with Gasteiger partial charge in [0.2, 0.25) is 0 Å². The number of hydrogen-bond acceptors (Lipinski definition) is 3. The first kappa shape index (κ1) is 16.6. The lowest BCUT2D eigenvalue weighted by atomic mass is 10.0. The van der Waals surface area contributed by atoms with Crippen LogP contribution in [0.4, 0.5) is 0 Å². The van der Waals surface area contributed by atoms with Gasteiger partial charge < -0.3 is 19.5 Å². The van der Waals surface area contributed by atoms with Crippen molar-refractivity contribution >= 4 is 17.3 Å². The van der Waals surface area contributed by atoms with Gasteiger partial charge in [-0.2, -0.15) is 0 Å². The highest BCUT2D eigenvalue weighted by Crippen LogP contribution is 2.38. The zero-order valence-electron chi connectivity index (χ0n) is 14.7. The van der Waals surface area contributed by atoms with E-state index in [1.165, 1.54) is 0 Å². The maximum absolute atomic E-state index is 5.52. The van der Waals surface area contributed by atoms with Crippen LogP contribution < -0.4 is 10.1 Å². The van der Waals surface area contributed by atoms with Crippen LogP contribution >= 0.6 is 12.2 Å². The molecule has 0 spiro atoms. The molecule has 0 radical (unpaired) electrons. The first-order valence-electron chi connectivity index (χ1n) is 8.45. The lowest BCUT2D eigenvalue weighted by molar-refractivity contribution is 0.357. The average molecular weight is 364 g/mol. The molecule has 3 aromatic rings. The molecule has 5 nitrogen and oxygen atoms in total. The van der Waals surface area contributed by atoms with Crippen LogP contribution in [-0.2, 0) is 0 Å². The number of ether oxygens (including phenoxy) is 1. The van der Waals surface area contributed by atoms with E-state index in [9.17, 15) is 0 Å². The van der Waals surface area contributed by atoms with E-state index in [-0.39, 0.29) is 12.1 Å². The molecule has 1 aliphatic rings. The van der Waals surface area contributed by atoms with Gasteiger partial charge in [-0.3, -0.25) is 4.98 Å². The Morgan fingerprint density at radius 2 is 1.88 bits per heavy atom. The van der Waals surface area contributed by atoms with Crippen LogP contribution in [0.5, 0.6) is 5.75 Å². The van der Waals surface area contributed by atoms with Crippen LogP contribution in [0.25, 0.3) is 5.69 Å². The third-order valence-corrected chi connectivity index (χ3v) is 5.18. The van der Waals surface area contributed by atoms with Gasteiger partial charge >= 0.3 is 0 Å². The van der Waals surface area contributed by atoms with Gasteiger partial charge in [-0.25, -0.2) is 0 Å². The number of likely N-dealkylation sites (N-methyl/N-ethyl adjacent to an activating group) is 1. The number of hydrogen-bond donors (Lipinski definition) is 1. The minimum Gasteiger partial charge on any atom is -0.497 e. The molecule has 4 rings (SSSR count). The summed E-state index contributed by atoms with van der Waals surface area (Å²) in [5.41, 5.74) is 3.21. The molecule has 2 atom stereocenters. The van der Waals surface area contributed by atoms with E-state index >= 15 is 0 Å². The standard InChI is InChI=1S/C20H20N4OS/c1-23-19(18(22-20(23)26)16-6-3-4-12-21-16)17-7-5-13-24(17)14-8-10-15(25-2)11-9-14/h3-13,18-19H,1-2H3,(H,22,26). The number of benzene rings is 1. The summed E-state index contributed by atoms with van der Waals surface area (Å²) in [6.07, 6.45) is 3.89. The summed E-state index contributed by atoms with van der Waals surface area (Å²) in [6.45, 7) is 0. The predicted octanol–water partition coefficient (Wildman–Crippen LogP) is 3.48. The molecule has 1 N–H and O–H groups in total. The van der Waals surface area contributed by atoms with Gasteiger partial charge in [-0.15, -0.1) is 0 Å². The first-order chi connectivity index (χ1) is 12.7. The molecular formula is C20H20N4OS. The third-order valence-electron chi connectivity index (χ3n) is 4.77. The highest BCUT2D eigenvalue weighted by atomic mass is 32.1. The van der Waals surface area contributed by atoms with E-state index in [4.69, 9.17) is 17.0 Å². The van der Waals surface area contributed by atoms with Crippen molar-refractivity contribution in [3.05, 3.63) is 78.4 Å². The Morgan fingerprint density at radius 3 is 2.58 bits per heavy atom. The number of methoxy groups -OCH3 is 1. The summed E-state index contributed by atoms with van der Waals surface area (Å²) in [4.78, 5) is 6.64. The van der Waals surface area contributed by atoms with Gasteiger partial charge in [0.15, 0.2) is 5.11 Å². The molecule has 1 aliphatic heterocycles. The maximum atomic E-state index is 5.52. The summed E-state index contributed by atoms with van der Waals surface area (Å²) >= 11 is 5.52. The lowest BCUT2D eigenvalue weighted by Crippen LogP contribution is -2.25. The van der Waals surface area contributed by atoms with E-state index in [2.05, 4.69) is 50.2 Å². The number of rotatable bonds is 4. The second-order valence-corrected chi connectivity index (χ2v) is 6.63. The summed E-state index contributed by atoms with van der Waals surface area (Å²) in [5.74, 6) is 0.842. The molecule has 0 saturated carbocycles. The zero-order valence-corrected chi connectivity index (χ0v) is 15.5. The second kappa shape index (κ2) is 6.80. The molecule has 2 unspecified atom stereocenters. The van der Waals surface area contributed by atoms with Crippen LogP contribution in [0.15, 0.2) is 67.0 Å². The molecule has 1 fully saturated rings. The molecule has 0 amide bonds. The van der Waals surface area contributed by atoms with Crippen molar-refractivity contribution < 1.29 is 4.74 Å². The summed E-state index contributed by atoms with van der Waals surface area (Å²) in [6, 6.07) is 18.3. The molecule has 0 bridgehead atoms. The Labute approximate surface area is 158 Å². The average Bonchev–Trinajstić information content (AvgIpc) is 3.27. The smallest absolute Gasteiger partial charge is 0.169 e. The van der Waals surface area contributed by atoms with E-state index in [0.717, 1.165) is 27.9 Å². The van der Waals surface area contributed by atoms with Crippen molar-refractivity contribution in [2.24, 2.45) is 0 Å². The van der Waals surface area contributed by atoms with Crippen LogP contribution in [-0.4, -0.2) is 33.7 Å². The summed E-state index contributed by atoms with van der Waals surface area (Å²) < 4.78 is 7.46. The van der Waals surface area contributed by atoms with Crippen molar-refractivity contribution in [2.75, 3.05) is 14.2 Å². The van der Waals surface area contributed by atoms with Crippen molar-refractivity contribution in [2.45, 2.75) is 12.1 Å². The largest absolute Gasteiger partial charge is 0.497 e. The normalized spacial score (nSPS) is 19.5. The predicted molar refractivity (Wildman–Crippen MR) is 106 cm³/mol. The summed E-state index contributed by atoms with van der Waals surface area (Å²) in [7, 11) is 3.70. The number of aromatic nitrogens is 2. The fourth-order valence-electron chi connectivity index (χ4n) is 3.44. The van der Waals surface area contributed by atoms with E-state index in [0.29, 0.717) is 0 Å². The molecule has 3 heterocycles. The minimum atomic E-state index is 0.000554. The zero-order chi connectivity index (χ0) is 18.1. The first-order valence-corrected chi connectivity index (χ1v) is 8.86. The van der Waals surface area contributed by atoms with Crippen LogP contribution in [0.1, 0.15) is 23.5 Å². The molecule has 0 aliphatic carbocycles. The van der Waals surface area contributed by atoms with Gasteiger partial charge in [0.1, 0.15) is 5.75 Å². The van der Waals surface area contributed by atoms with Crippen molar-refractivity contribution in [3.63, 3.8) is 0 Å². The van der Waals surface area contributed by atoms with Gasteiger partial charge in [0.25, 0.3) is 0 Å². The third kappa shape index (κ3) is 2.82. The van der Waals surface area contributed by atoms with Crippen LogP contribution in [0.2, 0.25) is 0 Å². The number of pyridine rings is 1. The molecule has 6 heteroatoms. The fourth-order valence-corrected chi connectivity index (χ4v) is 3.68. The van der Waals surface area contributed by atoms with Gasteiger partial charge in [-0.1, -0.05) is 6.07 Å². The van der Waals surface area contributed by atoms with Gasteiger partial charge in [0, 0.05) is 30.8 Å². The molecule has 26 heavy (non-hydrogen) atoms. The molecule has 1 saturated heterocycles. The van der Waals surface area contributed by atoms with Crippen molar-refractivity contribution in [3.8, 4) is 11.4 Å². The quantitative estimate of drug-likeness (QED) is 0.718. The Balaban J connectivity index is 1.76. The Bertz CT molecular complexity index is 907. The van der Waals surface area contributed by atoms with E-state index < -0.39 is 0 Å². The second-order valence-electron chi connectivity index (χ2n) is 6.24. The Morgan fingerprint density at radius 1 is 1.08 bits per heavy atom. The highest BCUT2D eigenvalue weighted by molar-refractivity contribution is 7.80.